The van der Waals surface area contributed by atoms with Crippen molar-refractivity contribution >= 4 is 35.3 Å². The van der Waals surface area contributed by atoms with Gasteiger partial charge in [-0.2, -0.15) is 13.2 Å². The van der Waals surface area contributed by atoms with Crippen LogP contribution in [0.15, 0.2) is 30.6 Å². The van der Waals surface area contributed by atoms with E-state index in [2.05, 4.69) is 15.4 Å². The van der Waals surface area contributed by atoms with Crippen LogP contribution in [-0.2, 0) is 17.5 Å². The Balaban J connectivity index is 2.14. The lowest BCUT2D eigenvalue weighted by atomic mass is 10.2. The van der Waals surface area contributed by atoms with Gasteiger partial charge in [-0.15, -0.1) is 0 Å². The summed E-state index contributed by atoms with van der Waals surface area (Å²) in [6.07, 6.45) is -1.96. The molecule has 23 heavy (non-hydrogen) atoms. The van der Waals surface area contributed by atoms with Gasteiger partial charge in [-0.3, -0.25) is 9.78 Å². The maximum Gasteiger partial charge on any atom is 0.417 e. The van der Waals surface area contributed by atoms with E-state index in [0.29, 0.717) is 12.6 Å². The number of pyridine rings is 2. The molecule has 10 heteroatoms. The van der Waals surface area contributed by atoms with Gasteiger partial charge in [0.15, 0.2) is 5.15 Å². The van der Waals surface area contributed by atoms with Gasteiger partial charge in [0, 0.05) is 12.4 Å². The standard InChI is InChI=1S/C13H9Cl2F3N4O/c14-9-4-8(13(16,17)18)5-20-10(9)6-21-22(7-23)11-2-1-3-19-12(11)15/h1-5,7,21H,6H2. The summed E-state index contributed by atoms with van der Waals surface area (Å²) in [6, 6.07) is 3.88. The third kappa shape index (κ3) is 4.31. The molecule has 5 nitrogen and oxygen atoms in total. The number of halogens is 5. The number of hydrogen-bond donors (Lipinski definition) is 1. The van der Waals surface area contributed by atoms with Gasteiger partial charge in [0.05, 0.1) is 28.5 Å². The van der Waals surface area contributed by atoms with Gasteiger partial charge in [-0.25, -0.2) is 15.4 Å². The number of alkyl halides is 3. The van der Waals surface area contributed by atoms with Gasteiger partial charge in [-0.1, -0.05) is 23.2 Å². The van der Waals surface area contributed by atoms with Crippen LogP contribution >= 0.6 is 23.2 Å². The van der Waals surface area contributed by atoms with E-state index < -0.39 is 11.7 Å². The molecule has 0 aliphatic carbocycles. The topological polar surface area (TPSA) is 58.1 Å². The number of nitrogens with one attached hydrogen (secondary N) is 1. The van der Waals surface area contributed by atoms with Crippen LogP contribution in [0.3, 0.4) is 0 Å². The average molecular weight is 365 g/mol. The Hall–Kier alpha value is -1.90. The van der Waals surface area contributed by atoms with Crippen LogP contribution in [0.1, 0.15) is 11.3 Å². The highest BCUT2D eigenvalue weighted by Crippen LogP contribution is 2.31. The fraction of sp³-hybridized carbons (Fsp3) is 0.154. The van der Waals surface area contributed by atoms with Crippen molar-refractivity contribution in [1.29, 1.82) is 0 Å². The fourth-order valence-electron chi connectivity index (χ4n) is 1.65. The molecule has 0 saturated heterocycles. The molecule has 0 aromatic carbocycles. The summed E-state index contributed by atoms with van der Waals surface area (Å²) in [5, 5.41) is 0.944. The summed E-state index contributed by atoms with van der Waals surface area (Å²) in [5.41, 5.74) is 2.13. The predicted molar refractivity (Wildman–Crippen MR) is 78.9 cm³/mol. The summed E-state index contributed by atoms with van der Waals surface area (Å²) >= 11 is 11.7. The molecule has 2 heterocycles. The highest BCUT2D eigenvalue weighted by molar-refractivity contribution is 6.32. The van der Waals surface area contributed by atoms with Crippen molar-refractivity contribution in [2.75, 3.05) is 5.01 Å². The van der Waals surface area contributed by atoms with Gasteiger partial charge < -0.3 is 0 Å². The average Bonchev–Trinajstić information content (AvgIpc) is 2.49. The number of aromatic nitrogens is 2. The molecule has 0 radical (unpaired) electrons. The molecule has 0 aliphatic heterocycles. The van der Waals surface area contributed by atoms with Crippen molar-refractivity contribution in [3.63, 3.8) is 0 Å². The minimum absolute atomic E-state index is 0.0820. The first kappa shape index (κ1) is 17.5. The molecule has 2 rings (SSSR count). The Morgan fingerprint density at radius 1 is 1.30 bits per heavy atom. The molecule has 0 aliphatic rings. The smallest absolute Gasteiger partial charge is 0.277 e. The fourth-order valence-corrected chi connectivity index (χ4v) is 2.09. The van der Waals surface area contributed by atoms with E-state index in [0.717, 1.165) is 11.1 Å². The molecule has 1 amide bonds. The van der Waals surface area contributed by atoms with Gasteiger partial charge in [0.1, 0.15) is 0 Å². The number of rotatable bonds is 5. The van der Waals surface area contributed by atoms with E-state index in [4.69, 9.17) is 23.2 Å². The second-order valence-corrected chi connectivity index (χ2v) is 5.04. The zero-order chi connectivity index (χ0) is 17.0. The summed E-state index contributed by atoms with van der Waals surface area (Å²) in [7, 11) is 0. The molecule has 122 valence electrons. The SMILES string of the molecule is O=CN(NCc1ncc(C(F)(F)F)cc1Cl)c1cccnc1Cl. The third-order valence-corrected chi connectivity index (χ3v) is 3.38. The van der Waals surface area contributed by atoms with Crippen molar-refractivity contribution < 1.29 is 18.0 Å². The number of amides is 1. The quantitative estimate of drug-likeness (QED) is 0.501. The maximum absolute atomic E-state index is 12.5. The Morgan fingerprint density at radius 3 is 2.61 bits per heavy atom. The second kappa shape index (κ2) is 7.12. The lowest BCUT2D eigenvalue weighted by molar-refractivity contribution is -0.137. The largest absolute Gasteiger partial charge is 0.417 e. The lowest BCUT2D eigenvalue weighted by Crippen LogP contribution is -2.37. The predicted octanol–water partition coefficient (Wildman–Crippen LogP) is 3.47. The molecule has 0 atom stereocenters. The number of carbonyl (C=O) groups excluding carboxylic acids is 1. The highest BCUT2D eigenvalue weighted by atomic mass is 35.5. The van der Waals surface area contributed by atoms with Crippen molar-refractivity contribution in [3.8, 4) is 0 Å². The molecule has 0 spiro atoms. The minimum atomic E-state index is -4.53. The molecular weight excluding hydrogens is 356 g/mol. The molecule has 2 aromatic heterocycles. The zero-order valence-electron chi connectivity index (χ0n) is 11.3. The van der Waals surface area contributed by atoms with Crippen LogP contribution in [-0.4, -0.2) is 16.4 Å². The molecule has 0 unspecified atom stereocenters. The monoisotopic (exact) mass is 364 g/mol. The van der Waals surface area contributed by atoms with E-state index in [1.54, 1.807) is 12.1 Å². The van der Waals surface area contributed by atoms with E-state index in [-0.39, 0.29) is 28.1 Å². The lowest BCUT2D eigenvalue weighted by Gasteiger charge is -2.19. The molecule has 0 fully saturated rings. The molecule has 2 aromatic rings. The zero-order valence-corrected chi connectivity index (χ0v) is 12.8. The van der Waals surface area contributed by atoms with Crippen LogP contribution in [0, 0.1) is 0 Å². The Bertz CT molecular complexity index is 712. The molecule has 0 bridgehead atoms. The maximum atomic E-state index is 12.5. The second-order valence-electron chi connectivity index (χ2n) is 4.27. The van der Waals surface area contributed by atoms with Gasteiger partial charge in [0.25, 0.3) is 0 Å². The molecule has 0 saturated carbocycles. The van der Waals surface area contributed by atoms with Crippen LogP contribution in [0.5, 0.6) is 0 Å². The number of hydrogen-bond acceptors (Lipinski definition) is 4. The number of carbonyl (C=O) groups is 1. The normalized spacial score (nSPS) is 11.3. The highest BCUT2D eigenvalue weighted by Gasteiger charge is 2.31. The summed E-state index contributed by atoms with van der Waals surface area (Å²) in [6.45, 7) is -0.0824. The van der Waals surface area contributed by atoms with Gasteiger partial charge in [0.2, 0.25) is 6.41 Å². The van der Waals surface area contributed by atoms with E-state index >= 15 is 0 Å². The number of hydrazine groups is 1. The van der Waals surface area contributed by atoms with Gasteiger partial charge in [-0.05, 0) is 18.2 Å². The first-order valence-electron chi connectivity index (χ1n) is 6.13. The number of nitrogens with zero attached hydrogens (tertiary/aromatic N) is 3. The van der Waals surface area contributed by atoms with E-state index in [1.807, 2.05) is 0 Å². The number of anilines is 1. The summed E-state index contributed by atoms with van der Waals surface area (Å²) in [4.78, 5) is 18.6. The van der Waals surface area contributed by atoms with E-state index in [1.165, 1.54) is 6.20 Å². The van der Waals surface area contributed by atoms with Crippen LogP contribution in [0.25, 0.3) is 0 Å². The van der Waals surface area contributed by atoms with Crippen molar-refractivity contribution in [1.82, 2.24) is 15.4 Å². The Kier molecular flexibility index (Phi) is 5.40. The van der Waals surface area contributed by atoms with Gasteiger partial charge >= 0.3 is 6.18 Å². The minimum Gasteiger partial charge on any atom is -0.277 e. The van der Waals surface area contributed by atoms with Crippen molar-refractivity contribution in [2.24, 2.45) is 0 Å². The van der Waals surface area contributed by atoms with E-state index in [9.17, 15) is 18.0 Å². The molecular formula is C13H9Cl2F3N4O. The summed E-state index contributed by atoms with van der Waals surface area (Å²) < 4.78 is 37.6. The first-order chi connectivity index (χ1) is 10.8. The van der Waals surface area contributed by atoms with Crippen LogP contribution in [0.2, 0.25) is 10.2 Å². The third-order valence-electron chi connectivity index (χ3n) is 2.77. The van der Waals surface area contributed by atoms with Crippen LogP contribution < -0.4 is 10.4 Å². The first-order valence-corrected chi connectivity index (χ1v) is 6.88. The summed E-state index contributed by atoms with van der Waals surface area (Å²) in [5.74, 6) is 0. The Morgan fingerprint density at radius 2 is 2.04 bits per heavy atom. The van der Waals surface area contributed by atoms with Crippen molar-refractivity contribution in [2.45, 2.75) is 12.7 Å². The van der Waals surface area contributed by atoms with Crippen molar-refractivity contribution in [3.05, 3.63) is 52.0 Å². The Labute approximate surface area is 139 Å². The van der Waals surface area contributed by atoms with Crippen LogP contribution in [0.4, 0.5) is 18.9 Å². The molecule has 1 N–H and O–H groups in total.